The van der Waals surface area contributed by atoms with Crippen molar-refractivity contribution in [2.75, 3.05) is 6.61 Å². The second-order valence-electron chi connectivity index (χ2n) is 6.44. The number of aliphatic imine (C=N–C) groups is 1. The van der Waals surface area contributed by atoms with Gasteiger partial charge in [0.1, 0.15) is 6.61 Å². The van der Waals surface area contributed by atoms with Crippen LogP contribution < -0.4 is 0 Å². The number of hydrogen-bond donors (Lipinski definition) is 1. The minimum atomic E-state index is -0.578. The van der Waals surface area contributed by atoms with E-state index in [0.29, 0.717) is 17.0 Å². The number of halogens is 1. The normalized spacial score (nSPS) is 13.6. The molecule has 3 aromatic rings. The zero-order valence-corrected chi connectivity index (χ0v) is 15.7. The van der Waals surface area contributed by atoms with Crippen LogP contribution in [0.3, 0.4) is 0 Å². The van der Waals surface area contributed by atoms with Gasteiger partial charge < -0.3 is 5.11 Å². The zero-order chi connectivity index (χ0) is 19.5. The molecule has 0 aliphatic carbocycles. The van der Waals surface area contributed by atoms with E-state index in [0.717, 1.165) is 33.7 Å². The summed E-state index contributed by atoms with van der Waals surface area (Å²) in [4.78, 5) is 21.0. The molecule has 1 N–H and O–H groups in total. The number of ketones is 1. The van der Waals surface area contributed by atoms with Crippen LogP contribution in [-0.4, -0.2) is 28.2 Å². The minimum absolute atomic E-state index is 0.316. The van der Waals surface area contributed by atoms with Gasteiger partial charge in [0.25, 0.3) is 0 Å². The Hall–Kier alpha value is -3.08. The van der Waals surface area contributed by atoms with E-state index in [1.807, 2.05) is 48.5 Å². The molecule has 0 radical (unpaired) electrons. The molecule has 2 aromatic carbocycles. The van der Waals surface area contributed by atoms with Gasteiger partial charge in [0.15, 0.2) is 5.78 Å². The Morgan fingerprint density at radius 1 is 0.964 bits per heavy atom. The standard InChI is InChI=1S/C23H17ClN2O2/c24-20-7-6-17(12-19(20)22(28)14-27)18-13-21(15-4-2-1-3-5-15)26-23(18)16-8-10-25-11-9-16/h1-12,27H,13-14H2. The van der Waals surface area contributed by atoms with E-state index >= 15 is 0 Å². The summed E-state index contributed by atoms with van der Waals surface area (Å²) in [7, 11) is 0. The smallest absolute Gasteiger partial charge is 0.189 e. The van der Waals surface area contributed by atoms with Crippen LogP contribution in [0.2, 0.25) is 5.02 Å². The average Bonchev–Trinajstić information content (AvgIpc) is 3.20. The van der Waals surface area contributed by atoms with E-state index in [9.17, 15) is 9.90 Å². The fourth-order valence-corrected chi connectivity index (χ4v) is 3.51. The summed E-state index contributed by atoms with van der Waals surface area (Å²) in [6.07, 6.45) is 4.10. The number of aliphatic hydroxyl groups is 1. The largest absolute Gasteiger partial charge is 0.388 e. The van der Waals surface area contributed by atoms with Gasteiger partial charge in [0.05, 0.1) is 16.4 Å². The average molecular weight is 389 g/mol. The molecule has 2 heterocycles. The number of allylic oxidation sites excluding steroid dienone is 1. The number of aromatic nitrogens is 1. The fourth-order valence-electron chi connectivity index (χ4n) is 3.29. The van der Waals surface area contributed by atoms with E-state index in [2.05, 4.69) is 4.98 Å². The molecule has 1 aliphatic heterocycles. The van der Waals surface area contributed by atoms with Gasteiger partial charge in [-0.2, -0.15) is 0 Å². The van der Waals surface area contributed by atoms with Crippen molar-refractivity contribution in [2.24, 2.45) is 4.99 Å². The number of carbonyl (C=O) groups is 1. The van der Waals surface area contributed by atoms with E-state index in [4.69, 9.17) is 16.6 Å². The van der Waals surface area contributed by atoms with Crippen LogP contribution in [0.15, 0.2) is 78.0 Å². The summed E-state index contributed by atoms with van der Waals surface area (Å²) in [6, 6.07) is 19.2. The summed E-state index contributed by atoms with van der Waals surface area (Å²) >= 11 is 6.17. The van der Waals surface area contributed by atoms with Crippen molar-refractivity contribution in [1.29, 1.82) is 0 Å². The van der Waals surface area contributed by atoms with Gasteiger partial charge in [0.2, 0.25) is 0 Å². The number of nitrogens with zero attached hydrogens (tertiary/aromatic N) is 2. The molecule has 138 valence electrons. The SMILES string of the molecule is O=C(CO)c1cc(C2=C(c3ccncc3)N=C(c3ccccc3)C2)ccc1Cl. The molecular weight excluding hydrogens is 372 g/mol. The maximum absolute atomic E-state index is 12.1. The van der Waals surface area contributed by atoms with Crippen molar-refractivity contribution in [3.05, 3.63) is 100 Å². The maximum Gasteiger partial charge on any atom is 0.189 e. The van der Waals surface area contributed by atoms with E-state index < -0.39 is 12.4 Å². The first-order valence-electron chi connectivity index (χ1n) is 8.88. The van der Waals surface area contributed by atoms with Crippen molar-refractivity contribution < 1.29 is 9.90 Å². The van der Waals surface area contributed by atoms with Crippen LogP contribution in [0.1, 0.15) is 33.5 Å². The molecule has 0 spiro atoms. The zero-order valence-electron chi connectivity index (χ0n) is 15.0. The van der Waals surface area contributed by atoms with Crippen molar-refractivity contribution in [3.63, 3.8) is 0 Å². The third-order valence-corrected chi connectivity index (χ3v) is 5.03. The van der Waals surface area contributed by atoms with Gasteiger partial charge in [-0.1, -0.05) is 48.0 Å². The van der Waals surface area contributed by atoms with Gasteiger partial charge in [-0.3, -0.25) is 14.8 Å². The number of pyridine rings is 1. The van der Waals surface area contributed by atoms with Gasteiger partial charge in [0, 0.05) is 29.9 Å². The van der Waals surface area contributed by atoms with Gasteiger partial charge in [-0.25, -0.2) is 0 Å². The Bertz CT molecular complexity index is 1090. The minimum Gasteiger partial charge on any atom is -0.388 e. The van der Waals surface area contributed by atoms with E-state index in [-0.39, 0.29) is 0 Å². The lowest BCUT2D eigenvalue weighted by Gasteiger charge is -2.10. The summed E-state index contributed by atoms with van der Waals surface area (Å²) < 4.78 is 0. The molecule has 0 saturated heterocycles. The molecule has 0 unspecified atom stereocenters. The molecule has 4 rings (SSSR count). The van der Waals surface area contributed by atoms with Gasteiger partial charge in [-0.15, -0.1) is 0 Å². The predicted molar refractivity (Wildman–Crippen MR) is 112 cm³/mol. The molecule has 0 atom stereocenters. The third-order valence-electron chi connectivity index (χ3n) is 4.70. The predicted octanol–water partition coefficient (Wildman–Crippen LogP) is 4.67. The number of Topliss-reactive ketones (excluding diaryl/α,β-unsaturated/α-hetero) is 1. The van der Waals surface area contributed by atoms with Crippen molar-refractivity contribution in [3.8, 4) is 0 Å². The highest BCUT2D eigenvalue weighted by Crippen LogP contribution is 2.38. The first kappa shape index (κ1) is 18.3. The lowest BCUT2D eigenvalue weighted by molar-refractivity contribution is 0.0904. The Labute approximate surface area is 167 Å². The van der Waals surface area contributed by atoms with Crippen LogP contribution in [0.4, 0.5) is 0 Å². The molecule has 5 heteroatoms. The molecule has 1 aliphatic rings. The van der Waals surface area contributed by atoms with Crippen LogP contribution in [0.5, 0.6) is 0 Å². The van der Waals surface area contributed by atoms with E-state index in [1.54, 1.807) is 24.5 Å². The summed E-state index contributed by atoms with van der Waals surface area (Å²) in [5.74, 6) is -0.403. The van der Waals surface area contributed by atoms with Crippen LogP contribution in [-0.2, 0) is 0 Å². The fraction of sp³-hybridized carbons (Fsp3) is 0.0870. The Kier molecular flexibility index (Phi) is 5.15. The quantitative estimate of drug-likeness (QED) is 0.646. The molecule has 0 fully saturated rings. The first-order chi connectivity index (χ1) is 13.7. The topological polar surface area (TPSA) is 62.5 Å². The number of aliphatic hydroxyl groups excluding tert-OH is 1. The molecular formula is C23H17ClN2O2. The first-order valence-corrected chi connectivity index (χ1v) is 9.25. The van der Waals surface area contributed by atoms with Gasteiger partial charge >= 0.3 is 0 Å². The lowest BCUT2D eigenvalue weighted by Crippen LogP contribution is -2.06. The van der Waals surface area contributed by atoms with Crippen molar-refractivity contribution in [1.82, 2.24) is 4.98 Å². The second kappa shape index (κ2) is 7.89. The maximum atomic E-state index is 12.1. The molecule has 0 bridgehead atoms. The number of rotatable bonds is 5. The molecule has 0 saturated carbocycles. The molecule has 1 aromatic heterocycles. The molecule has 28 heavy (non-hydrogen) atoms. The Balaban J connectivity index is 1.83. The van der Waals surface area contributed by atoms with Crippen LogP contribution in [0, 0.1) is 0 Å². The van der Waals surface area contributed by atoms with Crippen molar-refractivity contribution in [2.45, 2.75) is 6.42 Å². The van der Waals surface area contributed by atoms with Crippen molar-refractivity contribution >= 4 is 34.4 Å². The van der Waals surface area contributed by atoms with Crippen LogP contribution >= 0.6 is 11.6 Å². The Morgan fingerprint density at radius 2 is 1.71 bits per heavy atom. The number of benzene rings is 2. The van der Waals surface area contributed by atoms with Gasteiger partial charge in [-0.05, 0) is 41.0 Å². The lowest BCUT2D eigenvalue weighted by atomic mass is 9.94. The third kappa shape index (κ3) is 3.52. The second-order valence-corrected chi connectivity index (χ2v) is 6.85. The monoisotopic (exact) mass is 388 g/mol. The summed E-state index contributed by atoms with van der Waals surface area (Å²) in [6.45, 7) is -0.578. The summed E-state index contributed by atoms with van der Waals surface area (Å²) in [5, 5.41) is 9.57. The highest BCUT2D eigenvalue weighted by Gasteiger charge is 2.23. The van der Waals surface area contributed by atoms with Crippen LogP contribution in [0.25, 0.3) is 11.3 Å². The molecule has 0 amide bonds. The van der Waals surface area contributed by atoms with E-state index in [1.165, 1.54) is 0 Å². The number of carbonyl (C=O) groups excluding carboxylic acids is 1. The highest BCUT2D eigenvalue weighted by atomic mass is 35.5. The Morgan fingerprint density at radius 3 is 2.43 bits per heavy atom. The molecule has 4 nitrogen and oxygen atoms in total. The number of hydrogen-bond acceptors (Lipinski definition) is 4. The summed E-state index contributed by atoms with van der Waals surface area (Å²) in [5.41, 5.74) is 6.02. The highest BCUT2D eigenvalue weighted by molar-refractivity contribution is 6.34.